The number of benzene rings is 1. The van der Waals surface area contributed by atoms with Crippen molar-refractivity contribution in [2.75, 3.05) is 76.7 Å². The standard InChI is InChI=1S/C37H51F2N9O2/c1-40-29-20-33(44-48-31(21-42-34(29)48)35(49)43-28-6-7-32(28)50-2)47-16-10-27-26(4-3-5-30(27)47)23-46-19-13-36(37(38,39)24-46)11-17-45(18-12-36)22-25-8-14-41-15-9-25/h3-5,20-21,25,28,32,40-41H,6-19,22-24H2,1-2H3,(H,43,49)/t28-,32-/m1/s1. The monoisotopic (exact) mass is 691 g/mol. The molecule has 2 aromatic heterocycles. The summed E-state index contributed by atoms with van der Waals surface area (Å²) in [4.78, 5) is 24.4. The Labute approximate surface area is 293 Å². The van der Waals surface area contributed by atoms with E-state index in [-0.39, 0.29) is 24.6 Å². The number of fused-ring (bicyclic) bond motifs is 2. The number of halogens is 2. The second-order valence-corrected chi connectivity index (χ2v) is 15.2. The van der Waals surface area contributed by atoms with Gasteiger partial charge in [-0.2, -0.15) is 0 Å². The molecule has 4 aliphatic heterocycles. The van der Waals surface area contributed by atoms with Gasteiger partial charge in [0.15, 0.2) is 17.2 Å². The zero-order chi connectivity index (χ0) is 34.5. The van der Waals surface area contributed by atoms with Crippen LogP contribution >= 0.6 is 0 Å². The highest BCUT2D eigenvalue weighted by molar-refractivity contribution is 5.94. The Balaban J connectivity index is 0.958. The first-order valence-corrected chi connectivity index (χ1v) is 18.6. The number of nitrogens with one attached hydrogen (secondary N) is 3. The number of carbonyl (C=O) groups excluding carboxylic acids is 1. The molecule has 3 N–H and O–H groups in total. The number of hydrogen-bond acceptors (Lipinski definition) is 9. The third kappa shape index (κ3) is 6.13. The van der Waals surface area contributed by atoms with Gasteiger partial charge in [-0.1, -0.05) is 12.1 Å². The highest BCUT2D eigenvalue weighted by Crippen LogP contribution is 2.51. The van der Waals surface area contributed by atoms with Crippen LogP contribution in [0.1, 0.15) is 66.6 Å². The number of methoxy groups -OCH3 is 1. The number of piperidine rings is 3. The molecule has 2 atom stereocenters. The minimum absolute atomic E-state index is 0.0225. The van der Waals surface area contributed by atoms with Gasteiger partial charge in [0.1, 0.15) is 0 Å². The van der Waals surface area contributed by atoms with Crippen LogP contribution in [0, 0.1) is 11.3 Å². The van der Waals surface area contributed by atoms with Gasteiger partial charge in [0.2, 0.25) is 0 Å². The number of ether oxygens (including phenoxy) is 1. The van der Waals surface area contributed by atoms with Crippen molar-refractivity contribution >= 4 is 28.7 Å². The third-order valence-electron chi connectivity index (χ3n) is 12.5. The largest absolute Gasteiger partial charge is 0.385 e. The van der Waals surface area contributed by atoms with Crippen LogP contribution in [-0.4, -0.2) is 115 Å². The lowest BCUT2D eigenvalue weighted by Crippen LogP contribution is -2.59. The number of hydrogen-bond donors (Lipinski definition) is 3. The number of imidazole rings is 1. The Morgan fingerprint density at radius 2 is 1.84 bits per heavy atom. The summed E-state index contributed by atoms with van der Waals surface area (Å²) in [5.74, 6) is -1.56. The van der Waals surface area contributed by atoms with E-state index in [2.05, 4.69) is 42.9 Å². The molecule has 0 bridgehead atoms. The van der Waals surface area contributed by atoms with Crippen LogP contribution in [0.25, 0.3) is 5.65 Å². The maximum absolute atomic E-state index is 16.1. The minimum Gasteiger partial charge on any atom is -0.385 e. The summed E-state index contributed by atoms with van der Waals surface area (Å²) >= 11 is 0. The topological polar surface area (TPSA) is 102 Å². The van der Waals surface area contributed by atoms with Gasteiger partial charge < -0.3 is 30.5 Å². The summed E-state index contributed by atoms with van der Waals surface area (Å²) in [6.07, 6.45) is 8.30. The Bertz CT molecular complexity index is 1700. The fourth-order valence-corrected chi connectivity index (χ4v) is 9.15. The van der Waals surface area contributed by atoms with Crippen molar-refractivity contribution < 1.29 is 18.3 Å². The molecule has 3 aromatic rings. The molecule has 0 unspecified atom stereocenters. The average molecular weight is 692 g/mol. The van der Waals surface area contributed by atoms with E-state index < -0.39 is 11.3 Å². The lowest BCUT2D eigenvalue weighted by molar-refractivity contribution is -0.189. The fourth-order valence-electron chi connectivity index (χ4n) is 9.15. The summed E-state index contributed by atoms with van der Waals surface area (Å²) < 4.78 is 39.3. The van der Waals surface area contributed by atoms with Crippen LogP contribution in [-0.2, 0) is 17.7 Å². The molecule has 13 heteroatoms. The van der Waals surface area contributed by atoms with E-state index in [1.54, 1.807) is 17.8 Å². The van der Waals surface area contributed by atoms with Crippen molar-refractivity contribution in [2.45, 2.75) is 76.0 Å². The van der Waals surface area contributed by atoms with E-state index in [1.165, 1.54) is 18.4 Å². The quantitative estimate of drug-likeness (QED) is 0.304. The Kier molecular flexibility index (Phi) is 9.20. The number of likely N-dealkylation sites (tertiary alicyclic amines) is 2. The van der Waals surface area contributed by atoms with Crippen molar-refractivity contribution in [3.63, 3.8) is 0 Å². The number of amides is 1. The molecule has 0 radical (unpaired) electrons. The van der Waals surface area contributed by atoms with Gasteiger partial charge in [-0.3, -0.25) is 9.69 Å². The molecular weight excluding hydrogens is 640 g/mol. The third-order valence-corrected chi connectivity index (χ3v) is 12.5. The van der Waals surface area contributed by atoms with Gasteiger partial charge in [-0.25, -0.2) is 18.3 Å². The Hall–Kier alpha value is -3.39. The first-order valence-electron chi connectivity index (χ1n) is 18.6. The molecular formula is C37H51F2N9O2. The number of rotatable bonds is 9. The van der Waals surface area contributed by atoms with Crippen molar-refractivity contribution in [2.24, 2.45) is 11.3 Å². The predicted molar refractivity (Wildman–Crippen MR) is 190 cm³/mol. The smallest absolute Gasteiger partial charge is 0.271 e. The van der Waals surface area contributed by atoms with Gasteiger partial charge in [-0.15, -0.1) is 5.10 Å². The zero-order valence-corrected chi connectivity index (χ0v) is 29.4. The van der Waals surface area contributed by atoms with E-state index >= 15 is 8.78 Å². The molecule has 1 amide bonds. The average Bonchev–Trinajstić information content (AvgIpc) is 3.75. The van der Waals surface area contributed by atoms with Crippen molar-refractivity contribution in [3.8, 4) is 0 Å². The molecule has 1 aromatic carbocycles. The lowest BCUT2D eigenvalue weighted by atomic mass is 9.68. The number of nitrogens with zero attached hydrogens (tertiary/aromatic N) is 6. The van der Waals surface area contributed by atoms with E-state index in [1.807, 2.05) is 24.1 Å². The van der Waals surface area contributed by atoms with E-state index in [0.29, 0.717) is 62.0 Å². The van der Waals surface area contributed by atoms with Gasteiger partial charge in [0, 0.05) is 51.0 Å². The summed E-state index contributed by atoms with van der Waals surface area (Å²) in [5.41, 5.74) is 4.12. The summed E-state index contributed by atoms with van der Waals surface area (Å²) in [6, 6.07) is 8.12. The summed E-state index contributed by atoms with van der Waals surface area (Å²) in [5, 5.41) is 14.7. The fraction of sp³-hybridized carbons (Fsp3) is 0.649. The zero-order valence-electron chi connectivity index (χ0n) is 29.4. The number of aromatic nitrogens is 3. The molecule has 8 rings (SSSR count). The lowest BCUT2D eigenvalue weighted by Gasteiger charge is -2.51. The first-order chi connectivity index (χ1) is 24.3. The van der Waals surface area contributed by atoms with E-state index in [9.17, 15) is 4.79 Å². The van der Waals surface area contributed by atoms with Crippen LogP contribution in [0.15, 0.2) is 30.5 Å². The number of carbonyl (C=O) groups is 1. The molecule has 3 saturated heterocycles. The second kappa shape index (κ2) is 13.6. The maximum atomic E-state index is 16.1. The first kappa shape index (κ1) is 33.7. The number of alkyl halides is 2. The van der Waals surface area contributed by atoms with E-state index in [4.69, 9.17) is 9.84 Å². The van der Waals surface area contributed by atoms with Crippen LogP contribution < -0.4 is 20.9 Å². The van der Waals surface area contributed by atoms with Crippen LogP contribution in [0.3, 0.4) is 0 Å². The van der Waals surface area contributed by atoms with Crippen LogP contribution in [0.4, 0.5) is 26.0 Å². The molecule has 270 valence electrons. The molecule has 11 nitrogen and oxygen atoms in total. The van der Waals surface area contributed by atoms with E-state index in [0.717, 1.165) is 68.9 Å². The molecule has 5 aliphatic rings. The Morgan fingerprint density at radius 3 is 2.56 bits per heavy atom. The maximum Gasteiger partial charge on any atom is 0.271 e. The SMILES string of the molecule is CNc1cc(N2CCc3c(CN4CCC5(CCN(CC6CCNCC6)CC5)C(F)(F)C4)cccc32)nn2c(C(=O)N[C@@H]3CC[C@H]3OC)cnc12. The molecule has 1 saturated carbocycles. The molecule has 1 spiro atoms. The molecule has 1 aliphatic carbocycles. The Morgan fingerprint density at radius 1 is 1.06 bits per heavy atom. The van der Waals surface area contributed by atoms with Crippen molar-refractivity contribution in [1.29, 1.82) is 0 Å². The highest BCUT2D eigenvalue weighted by Gasteiger charge is 2.57. The summed E-state index contributed by atoms with van der Waals surface area (Å²) in [6.45, 7) is 6.50. The molecule has 50 heavy (non-hydrogen) atoms. The normalized spacial score (nSPS) is 25.5. The number of anilines is 3. The van der Waals surface area contributed by atoms with Crippen LogP contribution in [0.5, 0.6) is 0 Å². The van der Waals surface area contributed by atoms with Gasteiger partial charge in [0.05, 0.1) is 30.6 Å². The van der Waals surface area contributed by atoms with Crippen LogP contribution in [0.2, 0.25) is 0 Å². The van der Waals surface area contributed by atoms with Crippen molar-refractivity contribution in [3.05, 3.63) is 47.3 Å². The second-order valence-electron chi connectivity index (χ2n) is 15.2. The minimum atomic E-state index is -2.71. The van der Waals surface area contributed by atoms with Gasteiger partial charge in [0.25, 0.3) is 11.8 Å². The summed E-state index contributed by atoms with van der Waals surface area (Å²) in [7, 11) is 3.50. The highest BCUT2D eigenvalue weighted by atomic mass is 19.3. The molecule has 6 heterocycles. The van der Waals surface area contributed by atoms with Gasteiger partial charge >= 0.3 is 0 Å². The predicted octanol–water partition coefficient (Wildman–Crippen LogP) is 4.30. The van der Waals surface area contributed by atoms with Crippen molar-refractivity contribution in [1.82, 2.24) is 35.0 Å². The molecule has 4 fully saturated rings. The van der Waals surface area contributed by atoms with Gasteiger partial charge in [-0.05, 0) is 107 Å².